The monoisotopic (exact) mass is 309 g/mol. The molecule has 2 aromatic rings. The molecule has 0 fully saturated rings. The summed E-state index contributed by atoms with van der Waals surface area (Å²) in [7, 11) is 0. The first-order chi connectivity index (χ1) is 10.0. The third-order valence-corrected chi connectivity index (χ3v) is 3.85. The van der Waals surface area contributed by atoms with E-state index in [0.717, 1.165) is 30.1 Å². The number of hydrogen-bond acceptors (Lipinski definition) is 5. The number of furan rings is 1. The van der Waals surface area contributed by atoms with Crippen LogP contribution in [0.1, 0.15) is 26.5 Å². The Hall–Kier alpha value is -1.76. The van der Waals surface area contributed by atoms with Crippen LogP contribution in [0.2, 0.25) is 0 Å². The highest BCUT2D eigenvalue weighted by Gasteiger charge is 2.19. The molecule has 6 nitrogen and oxygen atoms in total. The van der Waals surface area contributed by atoms with Crippen LogP contribution in [-0.4, -0.2) is 31.6 Å². The lowest BCUT2D eigenvalue weighted by Gasteiger charge is -2.11. The van der Waals surface area contributed by atoms with Crippen LogP contribution >= 0.6 is 11.8 Å². The average Bonchev–Trinajstić information content (AvgIpc) is 3.01. The van der Waals surface area contributed by atoms with E-state index in [-0.39, 0.29) is 5.75 Å². The van der Waals surface area contributed by atoms with E-state index in [1.807, 2.05) is 17.6 Å². The summed E-state index contributed by atoms with van der Waals surface area (Å²) >= 11 is 1.19. The van der Waals surface area contributed by atoms with Crippen LogP contribution in [0.3, 0.4) is 0 Å². The number of aromatic nitrogens is 3. The van der Waals surface area contributed by atoms with Crippen LogP contribution in [0.15, 0.2) is 21.9 Å². The normalized spacial score (nSPS) is 11.2. The van der Waals surface area contributed by atoms with E-state index in [1.165, 1.54) is 11.8 Å². The Bertz CT molecular complexity index is 619. The second kappa shape index (κ2) is 6.80. The maximum Gasteiger partial charge on any atom is 0.313 e. The van der Waals surface area contributed by atoms with Gasteiger partial charge in [0, 0.05) is 13.0 Å². The number of carboxylic acid groups (broad SMARTS) is 1. The van der Waals surface area contributed by atoms with E-state index in [2.05, 4.69) is 24.0 Å². The van der Waals surface area contributed by atoms with Crippen LogP contribution in [0.4, 0.5) is 0 Å². The molecule has 0 radical (unpaired) electrons. The topological polar surface area (TPSA) is 81.2 Å². The number of thioether (sulfide) groups is 1. The fourth-order valence-electron chi connectivity index (χ4n) is 2.06. The smallest absolute Gasteiger partial charge is 0.313 e. The summed E-state index contributed by atoms with van der Waals surface area (Å²) in [5.41, 5.74) is 0.924. The van der Waals surface area contributed by atoms with Crippen molar-refractivity contribution in [1.29, 1.82) is 0 Å². The fraction of sp³-hybridized carbons (Fsp3) is 0.500. The predicted octanol–water partition coefficient (Wildman–Crippen LogP) is 2.93. The summed E-state index contributed by atoms with van der Waals surface area (Å²) in [5.74, 6) is 1.12. The molecule has 0 bridgehead atoms. The number of hydrogen-bond donors (Lipinski definition) is 1. The lowest BCUT2D eigenvalue weighted by molar-refractivity contribution is -0.133. The van der Waals surface area contributed by atoms with E-state index >= 15 is 0 Å². The zero-order chi connectivity index (χ0) is 15.4. The molecule has 0 amide bonds. The van der Waals surface area contributed by atoms with E-state index in [4.69, 9.17) is 9.52 Å². The van der Waals surface area contributed by atoms with Crippen molar-refractivity contribution in [3.05, 3.63) is 18.1 Å². The molecule has 7 heteroatoms. The van der Waals surface area contributed by atoms with Crippen molar-refractivity contribution in [3.63, 3.8) is 0 Å². The summed E-state index contributed by atoms with van der Waals surface area (Å²) in [6.07, 6.45) is 2.42. The van der Waals surface area contributed by atoms with Crippen molar-refractivity contribution < 1.29 is 14.3 Å². The molecule has 0 unspecified atom stereocenters. The third-order valence-electron chi connectivity index (χ3n) is 2.90. The highest BCUT2D eigenvalue weighted by Crippen LogP contribution is 2.28. The first-order valence-electron chi connectivity index (χ1n) is 6.87. The summed E-state index contributed by atoms with van der Waals surface area (Å²) in [4.78, 5) is 10.7. The number of rotatable bonds is 7. The Balaban J connectivity index is 2.38. The maximum absolute atomic E-state index is 10.7. The first kappa shape index (κ1) is 15.6. The van der Waals surface area contributed by atoms with Crippen molar-refractivity contribution in [1.82, 2.24) is 14.8 Å². The van der Waals surface area contributed by atoms with Gasteiger partial charge in [-0.1, -0.05) is 32.5 Å². The van der Waals surface area contributed by atoms with Crippen molar-refractivity contribution in [3.8, 4) is 11.4 Å². The molecule has 1 N–H and O–H groups in total. The minimum atomic E-state index is -0.863. The van der Waals surface area contributed by atoms with Gasteiger partial charge in [0.15, 0.2) is 11.0 Å². The van der Waals surface area contributed by atoms with Crippen molar-refractivity contribution >= 4 is 17.7 Å². The molecular formula is C14H19N3O3S. The third kappa shape index (κ3) is 3.66. The molecule has 2 heterocycles. The Labute approximate surface area is 127 Å². The standard InChI is InChI=1S/C14H19N3O3S/c1-4-11-10(5-6-20-11)13-15-16-14(21-8-12(18)19)17(13)7-9(2)3/h5-6,9H,4,7-8H2,1-3H3,(H,18,19). The SMILES string of the molecule is CCc1occc1-c1nnc(SCC(=O)O)n1CC(C)C. The van der Waals surface area contributed by atoms with Crippen LogP contribution in [-0.2, 0) is 17.8 Å². The number of nitrogens with zero attached hydrogens (tertiary/aromatic N) is 3. The molecule has 0 aliphatic heterocycles. The van der Waals surface area contributed by atoms with Crippen LogP contribution in [0, 0.1) is 5.92 Å². The molecule has 2 aromatic heterocycles. The molecule has 0 spiro atoms. The van der Waals surface area contributed by atoms with Gasteiger partial charge in [0.25, 0.3) is 0 Å². The molecular weight excluding hydrogens is 290 g/mol. The largest absolute Gasteiger partial charge is 0.481 e. The van der Waals surface area contributed by atoms with Crippen LogP contribution in [0.5, 0.6) is 0 Å². The predicted molar refractivity (Wildman–Crippen MR) is 80.3 cm³/mol. The van der Waals surface area contributed by atoms with Crippen molar-refractivity contribution in [2.45, 2.75) is 38.9 Å². The number of aliphatic carboxylic acids is 1. The summed E-state index contributed by atoms with van der Waals surface area (Å²) in [5, 5.41) is 17.8. The Morgan fingerprint density at radius 3 is 2.86 bits per heavy atom. The number of carbonyl (C=O) groups is 1. The van der Waals surface area contributed by atoms with E-state index in [0.29, 0.717) is 11.1 Å². The van der Waals surface area contributed by atoms with E-state index < -0.39 is 5.97 Å². The molecule has 0 atom stereocenters. The Morgan fingerprint density at radius 1 is 1.48 bits per heavy atom. The summed E-state index contributed by atoms with van der Waals surface area (Å²) < 4.78 is 7.43. The average molecular weight is 309 g/mol. The quantitative estimate of drug-likeness (QED) is 0.792. The molecule has 0 aromatic carbocycles. The van der Waals surface area contributed by atoms with Crippen LogP contribution < -0.4 is 0 Å². The van der Waals surface area contributed by atoms with E-state index in [9.17, 15) is 4.79 Å². The molecule has 0 saturated heterocycles. The van der Waals surface area contributed by atoms with Crippen LogP contribution in [0.25, 0.3) is 11.4 Å². The van der Waals surface area contributed by atoms with E-state index in [1.54, 1.807) is 6.26 Å². The molecule has 0 saturated carbocycles. The number of carboxylic acids is 1. The first-order valence-corrected chi connectivity index (χ1v) is 7.86. The lowest BCUT2D eigenvalue weighted by Crippen LogP contribution is -2.09. The zero-order valence-corrected chi connectivity index (χ0v) is 13.2. The van der Waals surface area contributed by atoms with Gasteiger partial charge in [-0.3, -0.25) is 4.79 Å². The zero-order valence-electron chi connectivity index (χ0n) is 12.4. The van der Waals surface area contributed by atoms with Gasteiger partial charge in [0.1, 0.15) is 5.76 Å². The molecule has 21 heavy (non-hydrogen) atoms. The van der Waals surface area contributed by atoms with Crippen molar-refractivity contribution in [2.75, 3.05) is 5.75 Å². The molecule has 2 rings (SSSR count). The minimum Gasteiger partial charge on any atom is -0.481 e. The van der Waals surface area contributed by atoms with Gasteiger partial charge in [0.2, 0.25) is 0 Å². The fourth-order valence-corrected chi connectivity index (χ4v) is 2.73. The minimum absolute atomic E-state index is 0.0255. The summed E-state index contributed by atoms with van der Waals surface area (Å²) in [6.45, 7) is 6.96. The van der Waals surface area contributed by atoms with Gasteiger partial charge in [-0.15, -0.1) is 10.2 Å². The van der Waals surface area contributed by atoms with Gasteiger partial charge in [-0.25, -0.2) is 0 Å². The Kier molecular flexibility index (Phi) is 5.06. The number of aryl methyl sites for hydroxylation is 1. The van der Waals surface area contributed by atoms with Gasteiger partial charge in [-0.2, -0.15) is 0 Å². The Morgan fingerprint density at radius 2 is 2.24 bits per heavy atom. The highest BCUT2D eigenvalue weighted by atomic mass is 32.2. The highest BCUT2D eigenvalue weighted by molar-refractivity contribution is 7.99. The van der Waals surface area contributed by atoms with Gasteiger partial charge >= 0.3 is 5.97 Å². The second-order valence-electron chi connectivity index (χ2n) is 5.10. The van der Waals surface area contributed by atoms with Crippen molar-refractivity contribution in [2.24, 2.45) is 5.92 Å². The lowest BCUT2D eigenvalue weighted by atomic mass is 10.2. The van der Waals surface area contributed by atoms with Gasteiger partial charge in [0.05, 0.1) is 17.6 Å². The van der Waals surface area contributed by atoms with Gasteiger partial charge in [-0.05, 0) is 12.0 Å². The maximum atomic E-state index is 10.7. The van der Waals surface area contributed by atoms with Gasteiger partial charge < -0.3 is 14.1 Å². The molecule has 0 aliphatic carbocycles. The molecule has 114 valence electrons. The molecule has 0 aliphatic rings. The summed E-state index contributed by atoms with van der Waals surface area (Å²) in [6, 6.07) is 1.88. The second-order valence-corrected chi connectivity index (χ2v) is 6.05.